The molecule has 0 bridgehead atoms. The largest absolute Gasteiger partial charge is 0.324 e. The summed E-state index contributed by atoms with van der Waals surface area (Å²) in [5.74, 6) is 0.244. The van der Waals surface area contributed by atoms with Gasteiger partial charge in [0.05, 0.1) is 0 Å². The molecule has 0 unspecified atom stereocenters. The first-order valence-electron chi connectivity index (χ1n) is 7.89. The molecule has 4 aromatic rings. The van der Waals surface area contributed by atoms with Gasteiger partial charge in [-0.25, -0.2) is 0 Å². The van der Waals surface area contributed by atoms with Crippen molar-refractivity contribution < 1.29 is 4.39 Å². The Labute approximate surface area is 154 Å². The van der Waals surface area contributed by atoms with E-state index in [0.29, 0.717) is 0 Å². The molecule has 0 spiro atoms. The van der Waals surface area contributed by atoms with Crippen LogP contribution in [-0.2, 0) is 0 Å². The monoisotopic (exact) mass is 363 g/mol. The van der Waals surface area contributed by atoms with Crippen molar-refractivity contribution in [3.8, 4) is 0 Å². The van der Waals surface area contributed by atoms with E-state index in [1.54, 1.807) is 12.1 Å². The molecule has 2 N–H and O–H groups in total. The van der Waals surface area contributed by atoms with Crippen molar-refractivity contribution in [2.45, 2.75) is 4.90 Å². The zero-order valence-electron chi connectivity index (χ0n) is 13.5. The predicted octanol–water partition coefficient (Wildman–Crippen LogP) is 4.94. The van der Waals surface area contributed by atoms with Gasteiger partial charge in [-0.1, -0.05) is 30.3 Å². The van der Waals surface area contributed by atoms with Crippen LogP contribution in [0.25, 0.3) is 10.8 Å². The number of hydrogen-bond acceptors (Lipinski definition) is 6. The van der Waals surface area contributed by atoms with Gasteiger partial charge in [0.25, 0.3) is 0 Å². The first kappa shape index (κ1) is 16.3. The molecule has 0 saturated carbocycles. The smallest absolute Gasteiger partial charge is 0.315 e. The molecule has 1 heterocycles. The van der Waals surface area contributed by atoms with Crippen LogP contribution in [0, 0.1) is 6.08 Å². The standard InChI is InChI=1S/C19H14FN5S/c20-17-23-18(21-14-7-9-16(26)10-8-14)25-19(24-17)22-15-6-5-12-3-1-2-4-13(12)11-15/h1-11,26H,(H2,21,22,23,24,25). The molecular weight excluding hydrogens is 349 g/mol. The SMILES string of the molecule is Fc1nc(Nc2ccc(S)cc2)nc(Nc2ccc3ccccc3c2)n1. The van der Waals surface area contributed by atoms with Crippen molar-refractivity contribution in [1.29, 1.82) is 0 Å². The van der Waals surface area contributed by atoms with Crippen LogP contribution in [0.15, 0.2) is 71.6 Å². The van der Waals surface area contributed by atoms with E-state index >= 15 is 0 Å². The summed E-state index contributed by atoms with van der Waals surface area (Å²) >= 11 is 4.23. The van der Waals surface area contributed by atoms with Crippen LogP contribution in [0.2, 0.25) is 0 Å². The molecule has 26 heavy (non-hydrogen) atoms. The molecule has 0 aliphatic carbocycles. The Balaban J connectivity index is 1.59. The number of fused-ring (bicyclic) bond motifs is 1. The van der Waals surface area contributed by atoms with Crippen LogP contribution in [0.4, 0.5) is 27.7 Å². The fraction of sp³-hybridized carbons (Fsp3) is 0. The summed E-state index contributed by atoms with van der Waals surface area (Å²) in [5.41, 5.74) is 1.49. The van der Waals surface area contributed by atoms with Crippen LogP contribution < -0.4 is 10.6 Å². The van der Waals surface area contributed by atoms with E-state index in [2.05, 4.69) is 38.2 Å². The number of thiol groups is 1. The second kappa shape index (κ2) is 6.97. The summed E-state index contributed by atoms with van der Waals surface area (Å²) in [6, 6.07) is 21.1. The quantitative estimate of drug-likeness (QED) is 0.448. The number of nitrogens with zero attached hydrogens (tertiary/aromatic N) is 3. The van der Waals surface area contributed by atoms with Gasteiger partial charge >= 0.3 is 6.08 Å². The number of rotatable bonds is 4. The first-order valence-corrected chi connectivity index (χ1v) is 8.34. The van der Waals surface area contributed by atoms with Crippen molar-refractivity contribution in [2.24, 2.45) is 0 Å². The van der Waals surface area contributed by atoms with Crippen molar-refractivity contribution in [1.82, 2.24) is 15.0 Å². The highest BCUT2D eigenvalue weighted by molar-refractivity contribution is 7.80. The van der Waals surface area contributed by atoms with Gasteiger partial charge in [-0.05, 0) is 47.2 Å². The van der Waals surface area contributed by atoms with Gasteiger partial charge in [0.2, 0.25) is 11.9 Å². The normalized spacial score (nSPS) is 10.7. The van der Waals surface area contributed by atoms with E-state index in [9.17, 15) is 4.39 Å². The fourth-order valence-electron chi connectivity index (χ4n) is 2.53. The van der Waals surface area contributed by atoms with E-state index in [1.807, 2.05) is 54.6 Å². The van der Waals surface area contributed by atoms with Crippen molar-refractivity contribution >= 4 is 46.7 Å². The maximum absolute atomic E-state index is 13.8. The molecule has 0 aliphatic rings. The molecule has 0 saturated heterocycles. The molecule has 5 nitrogen and oxygen atoms in total. The Morgan fingerprint density at radius 2 is 1.31 bits per heavy atom. The van der Waals surface area contributed by atoms with E-state index in [1.165, 1.54) is 0 Å². The van der Waals surface area contributed by atoms with E-state index in [-0.39, 0.29) is 11.9 Å². The van der Waals surface area contributed by atoms with Crippen LogP contribution in [0.3, 0.4) is 0 Å². The van der Waals surface area contributed by atoms with Gasteiger partial charge in [0.15, 0.2) is 0 Å². The van der Waals surface area contributed by atoms with Gasteiger partial charge < -0.3 is 10.6 Å². The Kier molecular flexibility index (Phi) is 4.37. The number of anilines is 4. The Morgan fingerprint density at radius 3 is 2.04 bits per heavy atom. The Morgan fingerprint density at radius 1 is 0.692 bits per heavy atom. The van der Waals surface area contributed by atoms with Gasteiger partial charge in [0.1, 0.15) is 0 Å². The van der Waals surface area contributed by atoms with Crippen molar-refractivity contribution in [3.05, 3.63) is 72.8 Å². The summed E-state index contributed by atoms with van der Waals surface area (Å²) in [6.07, 6.45) is -0.864. The van der Waals surface area contributed by atoms with E-state index in [0.717, 1.165) is 27.0 Å². The van der Waals surface area contributed by atoms with Crippen LogP contribution in [-0.4, -0.2) is 15.0 Å². The summed E-state index contributed by atoms with van der Waals surface area (Å²) in [5, 5.41) is 8.16. The average molecular weight is 363 g/mol. The highest BCUT2D eigenvalue weighted by Crippen LogP contribution is 2.22. The molecule has 7 heteroatoms. The average Bonchev–Trinajstić information content (AvgIpc) is 2.63. The van der Waals surface area contributed by atoms with Crippen LogP contribution in [0.5, 0.6) is 0 Å². The predicted molar refractivity (Wildman–Crippen MR) is 104 cm³/mol. The number of halogens is 1. The molecular formula is C19H14FN5S. The maximum atomic E-state index is 13.8. The van der Waals surface area contributed by atoms with Gasteiger partial charge in [-0.3, -0.25) is 0 Å². The third kappa shape index (κ3) is 3.73. The second-order valence-corrected chi connectivity index (χ2v) is 6.13. The number of nitrogens with one attached hydrogen (secondary N) is 2. The Hall–Kier alpha value is -3.19. The summed E-state index contributed by atoms with van der Waals surface area (Å²) in [6.45, 7) is 0. The highest BCUT2D eigenvalue weighted by Gasteiger charge is 2.07. The van der Waals surface area contributed by atoms with E-state index in [4.69, 9.17) is 0 Å². The van der Waals surface area contributed by atoms with Crippen molar-refractivity contribution in [2.75, 3.05) is 10.6 Å². The summed E-state index contributed by atoms with van der Waals surface area (Å²) in [4.78, 5) is 12.4. The first-order chi connectivity index (χ1) is 12.7. The molecule has 0 fully saturated rings. The Bertz CT molecular complexity index is 1070. The van der Waals surface area contributed by atoms with E-state index < -0.39 is 6.08 Å². The third-order valence-corrected chi connectivity index (χ3v) is 4.04. The lowest BCUT2D eigenvalue weighted by atomic mass is 10.1. The fourth-order valence-corrected chi connectivity index (χ4v) is 2.68. The zero-order valence-corrected chi connectivity index (χ0v) is 14.4. The lowest BCUT2D eigenvalue weighted by molar-refractivity contribution is 0.537. The molecule has 128 valence electrons. The topological polar surface area (TPSA) is 62.7 Å². The van der Waals surface area contributed by atoms with Crippen LogP contribution >= 0.6 is 12.6 Å². The van der Waals surface area contributed by atoms with Crippen LogP contribution in [0.1, 0.15) is 0 Å². The molecule has 3 aromatic carbocycles. The number of aromatic nitrogens is 3. The summed E-state index contributed by atoms with van der Waals surface area (Å²) < 4.78 is 13.8. The molecule has 0 atom stereocenters. The van der Waals surface area contributed by atoms with Gasteiger partial charge in [-0.15, -0.1) is 12.6 Å². The molecule has 0 aliphatic heterocycles. The zero-order chi connectivity index (χ0) is 17.9. The van der Waals surface area contributed by atoms with Crippen molar-refractivity contribution in [3.63, 3.8) is 0 Å². The minimum absolute atomic E-state index is 0.118. The van der Waals surface area contributed by atoms with Gasteiger partial charge in [0, 0.05) is 16.3 Å². The lowest BCUT2D eigenvalue weighted by Gasteiger charge is -2.09. The number of hydrogen-bond donors (Lipinski definition) is 3. The molecule has 0 amide bonds. The minimum atomic E-state index is -0.864. The summed E-state index contributed by atoms with van der Waals surface area (Å²) in [7, 11) is 0. The minimum Gasteiger partial charge on any atom is -0.324 e. The second-order valence-electron chi connectivity index (χ2n) is 5.61. The highest BCUT2D eigenvalue weighted by atomic mass is 32.1. The maximum Gasteiger partial charge on any atom is 0.315 e. The van der Waals surface area contributed by atoms with Gasteiger partial charge in [-0.2, -0.15) is 19.3 Å². The third-order valence-electron chi connectivity index (χ3n) is 3.74. The molecule has 1 aromatic heterocycles. The lowest BCUT2D eigenvalue weighted by Crippen LogP contribution is -2.06. The molecule has 4 rings (SSSR count). The molecule has 0 radical (unpaired) electrons. The number of benzene rings is 3.